The molecule has 11 heteroatoms. The lowest BCUT2D eigenvalue weighted by Gasteiger charge is -2.33. The molecule has 1 aromatic heterocycles. The van der Waals surface area contributed by atoms with Gasteiger partial charge in [-0.1, -0.05) is 62.2 Å². The Hall–Kier alpha value is -3.70. The fourth-order valence-corrected chi connectivity index (χ4v) is 5.91. The number of para-hydroxylation sites is 1. The minimum absolute atomic E-state index is 0.176. The fourth-order valence-electron chi connectivity index (χ4n) is 4.98. The molecule has 2 amide bonds. The Morgan fingerprint density at radius 1 is 1.02 bits per heavy atom. The third-order valence-electron chi connectivity index (χ3n) is 7.70. The number of nitrogens with one attached hydrogen (secondary N) is 1. The second-order valence-electron chi connectivity index (χ2n) is 11.7. The van der Waals surface area contributed by atoms with Gasteiger partial charge in [-0.05, 0) is 42.0 Å². The fraction of sp³-hybridized carbons (Fsp3) is 0.485. The van der Waals surface area contributed by atoms with Gasteiger partial charge in [-0.15, -0.1) is 0 Å². The van der Waals surface area contributed by atoms with Crippen molar-refractivity contribution < 1.29 is 23.8 Å². The predicted molar refractivity (Wildman–Crippen MR) is 171 cm³/mol. The van der Waals surface area contributed by atoms with Crippen LogP contribution in [0.15, 0.2) is 48.5 Å². The Bertz CT molecular complexity index is 1410. The molecular formula is C33H43N5O5S. The van der Waals surface area contributed by atoms with Crippen molar-refractivity contribution in [3.05, 3.63) is 76.6 Å². The lowest BCUT2D eigenvalue weighted by atomic mass is 10.1. The first-order chi connectivity index (χ1) is 21.3. The van der Waals surface area contributed by atoms with Crippen molar-refractivity contribution >= 4 is 23.9 Å². The van der Waals surface area contributed by atoms with E-state index in [1.165, 1.54) is 0 Å². The predicted octanol–water partition coefficient (Wildman–Crippen LogP) is 5.37. The smallest absolute Gasteiger partial charge is 0.410 e. The minimum Gasteiger partial charge on any atom is -0.493 e. The van der Waals surface area contributed by atoms with Gasteiger partial charge in [0.2, 0.25) is 0 Å². The number of benzene rings is 2. The Kier molecular flexibility index (Phi) is 10.7. The highest BCUT2D eigenvalue weighted by Crippen LogP contribution is 2.39. The molecule has 0 bridgehead atoms. The third kappa shape index (κ3) is 8.47. The SMILES string of the molecule is COc1c(CNC(=O)c2cc(C3CC3)nn2C)cccc1OCc1ccc(COC(=O)N2CCN(SCC(C)C)CC2)cc1. The van der Waals surface area contributed by atoms with Crippen molar-refractivity contribution in [3.63, 3.8) is 0 Å². The zero-order valence-corrected chi connectivity index (χ0v) is 26.9. The molecule has 0 atom stereocenters. The van der Waals surface area contributed by atoms with Crippen LogP contribution in [0.1, 0.15) is 65.5 Å². The van der Waals surface area contributed by atoms with Crippen molar-refractivity contribution in [1.29, 1.82) is 0 Å². The van der Waals surface area contributed by atoms with Crippen LogP contribution in [-0.4, -0.2) is 70.0 Å². The second-order valence-corrected chi connectivity index (χ2v) is 12.9. The van der Waals surface area contributed by atoms with Crippen LogP contribution in [0, 0.1) is 5.92 Å². The highest BCUT2D eigenvalue weighted by atomic mass is 32.2. The van der Waals surface area contributed by atoms with E-state index in [4.69, 9.17) is 14.2 Å². The standard InChI is InChI=1S/C33H43N5O5S/c1-23(2)22-44-38-16-14-37(15-17-38)33(40)43-21-25-10-8-24(9-11-25)20-42-30-7-5-6-27(31(30)41-4)19-34-32(39)29-18-28(26-12-13-26)35-36(29)3/h5-11,18,23,26H,12-17,19-22H2,1-4H3,(H,34,39). The molecule has 1 saturated heterocycles. The molecule has 1 aliphatic heterocycles. The number of carbonyl (C=O) groups is 2. The van der Waals surface area contributed by atoms with E-state index in [9.17, 15) is 9.59 Å². The van der Waals surface area contributed by atoms with E-state index >= 15 is 0 Å². The molecule has 1 saturated carbocycles. The van der Waals surface area contributed by atoms with Crippen LogP contribution in [0.25, 0.3) is 0 Å². The van der Waals surface area contributed by atoms with Gasteiger partial charge in [0.15, 0.2) is 11.5 Å². The number of hydrogen-bond acceptors (Lipinski definition) is 8. The zero-order valence-electron chi connectivity index (χ0n) is 26.1. The molecule has 2 aromatic carbocycles. The first kappa shape index (κ1) is 31.7. The average molecular weight is 622 g/mol. The van der Waals surface area contributed by atoms with E-state index in [1.54, 1.807) is 23.7 Å². The summed E-state index contributed by atoms with van der Waals surface area (Å²) in [6.45, 7) is 8.38. The first-order valence-corrected chi connectivity index (χ1v) is 16.2. The summed E-state index contributed by atoms with van der Waals surface area (Å²) >= 11 is 1.86. The molecule has 44 heavy (non-hydrogen) atoms. The van der Waals surface area contributed by atoms with Crippen molar-refractivity contribution in [2.45, 2.75) is 52.4 Å². The number of hydrogen-bond donors (Lipinski definition) is 1. The van der Waals surface area contributed by atoms with Crippen molar-refractivity contribution in [1.82, 2.24) is 24.3 Å². The average Bonchev–Trinajstić information content (AvgIpc) is 3.82. The number of piperazine rings is 1. The Labute approximate surface area is 264 Å². The molecule has 0 spiro atoms. The number of ether oxygens (including phenoxy) is 3. The Morgan fingerprint density at radius 3 is 2.39 bits per heavy atom. The molecule has 1 N–H and O–H groups in total. The maximum atomic E-state index is 12.9. The van der Waals surface area contributed by atoms with E-state index in [1.807, 2.05) is 60.5 Å². The van der Waals surface area contributed by atoms with Gasteiger partial charge in [0, 0.05) is 57.0 Å². The molecule has 5 rings (SSSR count). The van der Waals surface area contributed by atoms with Crippen LogP contribution < -0.4 is 14.8 Å². The van der Waals surface area contributed by atoms with Gasteiger partial charge in [0.1, 0.15) is 18.9 Å². The lowest BCUT2D eigenvalue weighted by Crippen LogP contribution is -2.46. The lowest BCUT2D eigenvalue weighted by molar-refractivity contribution is 0.0849. The van der Waals surface area contributed by atoms with Crippen LogP contribution in [0.4, 0.5) is 4.79 Å². The zero-order chi connectivity index (χ0) is 31.1. The summed E-state index contributed by atoms with van der Waals surface area (Å²) in [5.41, 5.74) is 4.24. The van der Waals surface area contributed by atoms with Crippen LogP contribution in [0.3, 0.4) is 0 Å². The molecular weight excluding hydrogens is 578 g/mol. The number of methoxy groups -OCH3 is 1. The quantitative estimate of drug-likeness (QED) is 0.255. The van der Waals surface area contributed by atoms with Gasteiger partial charge < -0.3 is 24.4 Å². The van der Waals surface area contributed by atoms with E-state index in [-0.39, 0.29) is 18.6 Å². The van der Waals surface area contributed by atoms with Crippen LogP contribution in [0.2, 0.25) is 0 Å². The molecule has 2 heterocycles. The van der Waals surface area contributed by atoms with Crippen molar-refractivity contribution in [2.75, 3.05) is 39.0 Å². The van der Waals surface area contributed by atoms with E-state index < -0.39 is 0 Å². The largest absolute Gasteiger partial charge is 0.493 e. The monoisotopic (exact) mass is 621 g/mol. The van der Waals surface area contributed by atoms with Crippen molar-refractivity contribution in [2.24, 2.45) is 13.0 Å². The summed E-state index contributed by atoms with van der Waals surface area (Å²) in [5, 5.41) is 7.47. The normalized spacial score (nSPS) is 15.3. The first-order valence-electron chi connectivity index (χ1n) is 15.3. The maximum absolute atomic E-state index is 12.9. The molecule has 0 radical (unpaired) electrons. The van der Waals surface area contributed by atoms with Gasteiger partial charge in [-0.2, -0.15) is 5.10 Å². The molecule has 0 unspecified atom stereocenters. The molecule has 1 aliphatic carbocycles. The topological polar surface area (TPSA) is 98.2 Å². The molecule has 2 aliphatic rings. The summed E-state index contributed by atoms with van der Waals surface area (Å²) in [7, 11) is 3.39. The van der Waals surface area contributed by atoms with Gasteiger partial charge in [0.05, 0.1) is 12.8 Å². The summed E-state index contributed by atoms with van der Waals surface area (Å²) in [5.74, 6) is 3.24. The molecule has 236 valence electrons. The number of aryl methyl sites for hydroxylation is 1. The minimum atomic E-state index is -0.266. The summed E-state index contributed by atoms with van der Waals surface area (Å²) in [4.78, 5) is 27.2. The Morgan fingerprint density at radius 2 is 1.73 bits per heavy atom. The molecule has 3 aromatic rings. The number of amides is 2. The van der Waals surface area contributed by atoms with Gasteiger partial charge in [-0.25, -0.2) is 9.10 Å². The summed E-state index contributed by atoms with van der Waals surface area (Å²) in [6.07, 6.45) is 2.01. The highest BCUT2D eigenvalue weighted by Gasteiger charge is 2.28. The number of carbonyl (C=O) groups excluding carboxylic acids is 2. The number of rotatable bonds is 13. The van der Waals surface area contributed by atoms with E-state index in [0.29, 0.717) is 55.3 Å². The van der Waals surface area contributed by atoms with Crippen LogP contribution >= 0.6 is 11.9 Å². The van der Waals surface area contributed by atoms with E-state index in [2.05, 4.69) is 28.6 Å². The number of nitrogens with zero attached hydrogens (tertiary/aromatic N) is 4. The molecule has 2 fully saturated rings. The van der Waals surface area contributed by atoms with Crippen LogP contribution in [0.5, 0.6) is 11.5 Å². The number of aromatic nitrogens is 2. The van der Waals surface area contributed by atoms with E-state index in [0.717, 1.165) is 54.1 Å². The van der Waals surface area contributed by atoms with Gasteiger partial charge in [0.25, 0.3) is 5.91 Å². The van der Waals surface area contributed by atoms with Crippen molar-refractivity contribution in [3.8, 4) is 11.5 Å². The third-order valence-corrected chi connectivity index (χ3v) is 9.24. The summed E-state index contributed by atoms with van der Waals surface area (Å²) < 4.78 is 21.3. The Balaban J connectivity index is 1.08. The van der Waals surface area contributed by atoms with Crippen LogP contribution in [-0.2, 0) is 31.5 Å². The summed E-state index contributed by atoms with van der Waals surface area (Å²) in [6, 6.07) is 15.4. The second kappa shape index (κ2) is 14.9. The maximum Gasteiger partial charge on any atom is 0.410 e. The highest BCUT2D eigenvalue weighted by molar-refractivity contribution is 7.97. The molecule has 10 nitrogen and oxygen atoms in total. The van der Waals surface area contributed by atoms with Gasteiger partial charge >= 0.3 is 6.09 Å². The van der Waals surface area contributed by atoms with Gasteiger partial charge in [-0.3, -0.25) is 9.48 Å².